The van der Waals surface area contributed by atoms with Gasteiger partial charge in [-0.1, -0.05) is 42.1 Å². The fourth-order valence-electron chi connectivity index (χ4n) is 2.81. The van der Waals surface area contributed by atoms with Gasteiger partial charge in [-0.05, 0) is 24.3 Å². The van der Waals surface area contributed by atoms with Crippen LogP contribution >= 0.6 is 11.8 Å². The molecule has 0 bridgehead atoms. The zero-order chi connectivity index (χ0) is 18.6. The summed E-state index contributed by atoms with van der Waals surface area (Å²) < 4.78 is 9.31. The topological polar surface area (TPSA) is 57.8 Å². The lowest BCUT2D eigenvalue weighted by molar-refractivity contribution is 0.416. The smallest absolute Gasteiger partial charge is 0.191 e. The molecule has 0 unspecified atom stereocenters. The highest BCUT2D eigenvalue weighted by atomic mass is 32.2. The van der Waals surface area contributed by atoms with Gasteiger partial charge in [-0.2, -0.15) is 5.10 Å². The number of hydrogen-bond acceptors (Lipinski definition) is 5. The number of benzene rings is 2. The average molecular weight is 377 g/mol. The first-order valence-corrected chi connectivity index (χ1v) is 9.49. The Balaban J connectivity index is 1.50. The molecule has 136 valence electrons. The van der Waals surface area contributed by atoms with Gasteiger partial charge in [0.2, 0.25) is 0 Å². The van der Waals surface area contributed by atoms with Gasteiger partial charge >= 0.3 is 0 Å². The summed E-state index contributed by atoms with van der Waals surface area (Å²) in [5.74, 6) is 2.34. The minimum atomic E-state index is 0.769. The molecule has 0 aliphatic rings. The summed E-state index contributed by atoms with van der Waals surface area (Å²) in [4.78, 5) is 0. The van der Waals surface area contributed by atoms with Gasteiger partial charge in [-0.3, -0.25) is 0 Å². The van der Waals surface area contributed by atoms with Crippen LogP contribution in [0.1, 0.15) is 5.56 Å². The van der Waals surface area contributed by atoms with Crippen molar-refractivity contribution >= 4 is 11.8 Å². The highest BCUT2D eigenvalue weighted by Crippen LogP contribution is 2.30. The lowest BCUT2D eigenvalue weighted by atomic mass is 10.2. The van der Waals surface area contributed by atoms with Gasteiger partial charge in [-0.25, -0.2) is 4.68 Å². The minimum Gasteiger partial charge on any atom is -0.496 e. The van der Waals surface area contributed by atoms with E-state index in [-0.39, 0.29) is 0 Å². The molecule has 2 heterocycles. The van der Waals surface area contributed by atoms with E-state index in [1.807, 2.05) is 83.3 Å². The summed E-state index contributed by atoms with van der Waals surface area (Å²) in [6, 6.07) is 17.9. The van der Waals surface area contributed by atoms with Crippen molar-refractivity contribution in [2.75, 3.05) is 7.11 Å². The molecule has 0 saturated heterocycles. The number of aromatic nitrogens is 5. The lowest BCUT2D eigenvalue weighted by Crippen LogP contribution is -1.97. The molecule has 6 nitrogen and oxygen atoms in total. The van der Waals surface area contributed by atoms with Gasteiger partial charge in [0.1, 0.15) is 5.75 Å². The predicted molar refractivity (Wildman–Crippen MR) is 106 cm³/mol. The maximum atomic E-state index is 5.44. The van der Waals surface area contributed by atoms with E-state index in [1.165, 1.54) is 0 Å². The standard InChI is InChI=1S/C20H19N5OS/c1-24-19(17-10-6-7-11-18(17)26-2)22-23-20(24)27-14-15-12-21-25(13-15)16-8-4-3-5-9-16/h3-13H,14H2,1-2H3. The molecule has 2 aromatic heterocycles. The molecule has 0 aliphatic carbocycles. The van der Waals surface area contributed by atoms with Gasteiger partial charge in [0.15, 0.2) is 11.0 Å². The van der Waals surface area contributed by atoms with E-state index in [0.717, 1.165) is 39.3 Å². The second-order valence-corrected chi connectivity index (χ2v) is 6.93. The van der Waals surface area contributed by atoms with Crippen molar-refractivity contribution in [2.45, 2.75) is 10.9 Å². The van der Waals surface area contributed by atoms with Gasteiger partial charge in [0, 0.05) is 24.6 Å². The molecular weight excluding hydrogens is 358 g/mol. The number of thioether (sulfide) groups is 1. The fourth-order valence-corrected chi connectivity index (χ4v) is 3.63. The minimum absolute atomic E-state index is 0.769. The van der Waals surface area contributed by atoms with E-state index in [9.17, 15) is 0 Å². The van der Waals surface area contributed by atoms with Crippen LogP contribution in [0.2, 0.25) is 0 Å². The molecule has 7 heteroatoms. The van der Waals surface area contributed by atoms with Crippen molar-refractivity contribution in [3.8, 4) is 22.8 Å². The van der Waals surface area contributed by atoms with Crippen molar-refractivity contribution in [1.82, 2.24) is 24.5 Å². The Morgan fingerprint density at radius 3 is 2.59 bits per heavy atom. The summed E-state index contributed by atoms with van der Waals surface area (Å²) in [7, 11) is 3.63. The average Bonchev–Trinajstić information content (AvgIpc) is 3.34. The molecule has 4 rings (SSSR count). The molecule has 0 aliphatic heterocycles. The maximum Gasteiger partial charge on any atom is 0.191 e. The van der Waals surface area contributed by atoms with E-state index < -0.39 is 0 Å². The van der Waals surface area contributed by atoms with Crippen molar-refractivity contribution in [2.24, 2.45) is 7.05 Å². The molecule has 27 heavy (non-hydrogen) atoms. The quantitative estimate of drug-likeness (QED) is 0.476. The lowest BCUT2D eigenvalue weighted by Gasteiger charge is -2.07. The third kappa shape index (κ3) is 3.59. The van der Waals surface area contributed by atoms with Gasteiger partial charge in [0.05, 0.1) is 24.6 Å². The molecule has 2 aromatic carbocycles. The van der Waals surface area contributed by atoms with Crippen LogP contribution in [-0.4, -0.2) is 31.7 Å². The number of nitrogens with zero attached hydrogens (tertiary/aromatic N) is 5. The molecule has 0 N–H and O–H groups in total. The first-order valence-electron chi connectivity index (χ1n) is 8.51. The Kier molecular flexibility index (Phi) is 4.93. The molecule has 4 aromatic rings. The predicted octanol–water partition coefficient (Wildman–Crippen LogP) is 3.97. The Morgan fingerprint density at radius 1 is 1.00 bits per heavy atom. The van der Waals surface area contributed by atoms with Crippen LogP contribution in [0.4, 0.5) is 0 Å². The summed E-state index contributed by atoms with van der Waals surface area (Å²) >= 11 is 1.63. The second kappa shape index (κ2) is 7.67. The molecule has 0 radical (unpaired) electrons. The summed E-state index contributed by atoms with van der Waals surface area (Å²) in [5.41, 5.74) is 3.11. The van der Waals surface area contributed by atoms with Gasteiger partial charge < -0.3 is 9.30 Å². The van der Waals surface area contributed by atoms with Gasteiger partial charge in [-0.15, -0.1) is 10.2 Å². The van der Waals surface area contributed by atoms with E-state index in [0.29, 0.717) is 0 Å². The zero-order valence-corrected chi connectivity index (χ0v) is 15.9. The zero-order valence-electron chi connectivity index (χ0n) is 15.1. The Bertz CT molecular complexity index is 1040. The van der Waals surface area contributed by atoms with Crippen LogP contribution in [0.5, 0.6) is 5.75 Å². The summed E-state index contributed by atoms with van der Waals surface area (Å²) in [6.45, 7) is 0. The number of para-hydroxylation sites is 2. The van der Waals surface area contributed by atoms with Crippen LogP contribution in [-0.2, 0) is 12.8 Å². The van der Waals surface area contributed by atoms with Crippen LogP contribution in [0.25, 0.3) is 17.1 Å². The first-order chi connectivity index (χ1) is 13.3. The fraction of sp³-hybridized carbons (Fsp3) is 0.150. The highest BCUT2D eigenvalue weighted by Gasteiger charge is 2.15. The van der Waals surface area contributed by atoms with E-state index in [2.05, 4.69) is 15.3 Å². The normalized spacial score (nSPS) is 10.9. The Labute approximate surface area is 161 Å². The van der Waals surface area contributed by atoms with E-state index >= 15 is 0 Å². The van der Waals surface area contributed by atoms with Crippen molar-refractivity contribution < 1.29 is 4.74 Å². The van der Waals surface area contributed by atoms with E-state index in [1.54, 1.807) is 18.9 Å². The number of methoxy groups -OCH3 is 1. The molecule has 0 fully saturated rings. The van der Waals surface area contributed by atoms with Crippen molar-refractivity contribution in [3.63, 3.8) is 0 Å². The van der Waals surface area contributed by atoms with Crippen molar-refractivity contribution in [1.29, 1.82) is 0 Å². The number of hydrogen-bond donors (Lipinski definition) is 0. The second-order valence-electron chi connectivity index (χ2n) is 5.98. The molecule has 0 atom stereocenters. The monoisotopic (exact) mass is 377 g/mol. The Hall–Kier alpha value is -3.06. The van der Waals surface area contributed by atoms with E-state index in [4.69, 9.17) is 4.74 Å². The van der Waals surface area contributed by atoms with Crippen LogP contribution in [0, 0.1) is 0 Å². The third-order valence-corrected chi connectivity index (χ3v) is 5.30. The molecular formula is C20H19N5OS. The molecule has 0 spiro atoms. The first kappa shape index (κ1) is 17.4. The SMILES string of the molecule is COc1ccccc1-c1nnc(SCc2cnn(-c3ccccc3)c2)n1C. The largest absolute Gasteiger partial charge is 0.496 e. The molecule has 0 amide bonds. The summed E-state index contributed by atoms with van der Waals surface area (Å²) in [5, 5.41) is 14.0. The van der Waals surface area contributed by atoms with Crippen LogP contribution in [0.15, 0.2) is 72.1 Å². The van der Waals surface area contributed by atoms with Gasteiger partial charge in [0.25, 0.3) is 0 Å². The number of rotatable bonds is 6. The van der Waals surface area contributed by atoms with Crippen LogP contribution in [0.3, 0.4) is 0 Å². The molecule has 0 saturated carbocycles. The highest BCUT2D eigenvalue weighted by molar-refractivity contribution is 7.98. The number of ether oxygens (including phenoxy) is 1. The maximum absolute atomic E-state index is 5.44. The Morgan fingerprint density at radius 2 is 1.78 bits per heavy atom. The van der Waals surface area contributed by atoms with Crippen molar-refractivity contribution in [3.05, 3.63) is 72.6 Å². The summed E-state index contributed by atoms with van der Waals surface area (Å²) in [6.07, 6.45) is 3.93. The third-order valence-electron chi connectivity index (χ3n) is 4.21. The van der Waals surface area contributed by atoms with Crippen LogP contribution < -0.4 is 4.74 Å².